The van der Waals surface area contributed by atoms with Gasteiger partial charge in [-0.25, -0.2) is 0 Å². The van der Waals surface area contributed by atoms with Gasteiger partial charge in [0.15, 0.2) is 0 Å². The van der Waals surface area contributed by atoms with Crippen LogP contribution in [-0.2, 0) is 4.79 Å². The summed E-state index contributed by atoms with van der Waals surface area (Å²) in [6.45, 7) is 5.20. The van der Waals surface area contributed by atoms with Crippen LogP contribution in [0.1, 0.15) is 46.0 Å². The minimum absolute atomic E-state index is 0.115. The second-order valence-electron chi connectivity index (χ2n) is 4.98. The van der Waals surface area contributed by atoms with Crippen molar-refractivity contribution in [3.8, 4) is 0 Å². The molecule has 3 nitrogen and oxygen atoms in total. The molecular formula is C11H20N2O. The molecule has 1 saturated carbocycles. The highest BCUT2D eigenvalue weighted by atomic mass is 16.2. The SMILES string of the molecule is CCC1(C(=O)NC2(C)CC2)CCCN1. The zero-order valence-corrected chi connectivity index (χ0v) is 9.15. The summed E-state index contributed by atoms with van der Waals surface area (Å²) in [5, 5.41) is 6.52. The lowest BCUT2D eigenvalue weighted by molar-refractivity contribution is -0.128. The molecule has 1 unspecified atom stereocenters. The third kappa shape index (κ3) is 1.65. The zero-order valence-electron chi connectivity index (χ0n) is 9.15. The van der Waals surface area contributed by atoms with E-state index >= 15 is 0 Å². The first-order valence-corrected chi connectivity index (χ1v) is 5.68. The Morgan fingerprint density at radius 2 is 2.14 bits per heavy atom. The minimum atomic E-state index is -0.258. The molecule has 1 aliphatic heterocycles. The first kappa shape index (κ1) is 9.97. The quantitative estimate of drug-likeness (QED) is 0.712. The van der Waals surface area contributed by atoms with Crippen LogP contribution in [0.15, 0.2) is 0 Å². The molecule has 14 heavy (non-hydrogen) atoms. The van der Waals surface area contributed by atoms with Gasteiger partial charge in [0.25, 0.3) is 0 Å². The maximum Gasteiger partial charge on any atom is 0.240 e. The number of nitrogens with one attached hydrogen (secondary N) is 2. The van der Waals surface area contributed by atoms with Crippen LogP contribution in [0.25, 0.3) is 0 Å². The Labute approximate surface area is 85.6 Å². The molecule has 0 aromatic carbocycles. The topological polar surface area (TPSA) is 41.1 Å². The summed E-state index contributed by atoms with van der Waals surface area (Å²) in [5.41, 5.74) is -0.144. The van der Waals surface area contributed by atoms with Crippen molar-refractivity contribution in [2.24, 2.45) is 0 Å². The molecule has 0 aromatic rings. The van der Waals surface area contributed by atoms with Crippen LogP contribution >= 0.6 is 0 Å². The van der Waals surface area contributed by atoms with Gasteiger partial charge in [-0.05, 0) is 45.6 Å². The van der Waals surface area contributed by atoms with Gasteiger partial charge in [0.05, 0.1) is 5.54 Å². The Hall–Kier alpha value is -0.570. The lowest BCUT2D eigenvalue weighted by atomic mass is 9.92. The van der Waals surface area contributed by atoms with Crippen molar-refractivity contribution < 1.29 is 4.79 Å². The van der Waals surface area contributed by atoms with E-state index < -0.39 is 0 Å². The van der Waals surface area contributed by atoms with E-state index in [4.69, 9.17) is 0 Å². The van der Waals surface area contributed by atoms with Gasteiger partial charge >= 0.3 is 0 Å². The van der Waals surface area contributed by atoms with Gasteiger partial charge in [0.2, 0.25) is 5.91 Å². The molecule has 1 saturated heterocycles. The molecule has 1 heterocycles. The highest BCUT2D eigenvalue weighted by Gasteiger charge is 2.45. The van der Waals surface area contributed by atoms with Crippen LogP contribution in [0.2, 0.25) is 0 Å². The molecule has 1 amide bonds. The predicted molar refractivity (Wildman–Crippen MR) is 56.0 cm³/mol. The number of amides is 1. The summed E-state index contributed by atoms with van der Waals surface area (Å²) < 4.78 is 0. The normalized spacial score (nSPS) is 34.1. The maximum atomic E-state index is 12.1. The van der Waals surface area contributed by atoms with Crippen molar-refractivity contribution in [1.82, 2.24) is 10.6 Å². The molecule has 0 aromatic heterocycles. The van der Waals surface area contributed by atoms with E-state index in [0.29, 0.717) is 0 Å². The highest BCUT2D eigenvalue weighted by Crippen LogP contribution is 2.35. The van der Waals surface area contributed by atoms with Gasteiger partial charge in [0.1, 0.15) is 0 Å². The molecule has 2 rings (SSSR count). The van der Waals surface area contributed by atoms with E-state index in [0.717, 1.165) is 38.6 Å². The first-order valence-electron chi connectivity index (χ1n) is 5.68. The molecule has 1 aliphatic carbocycles. The molecule has 80 valence electrons. The fourth-order valence-electron chi connectivity index (χ4n) is 2.17. The zero-order chi connectivity index (χ0) is 10.2. The Balaban J connectivity index is 2.00. The van der Waals surface area contributed by atoms with E-state index in [1.807, 2.05) is 0 Å². The summed E-state index contributed by atoms with van der Waals surface area (Å²) in [5.74, 6) is 0.220. The molecule has 0 bridgehead atoms. The summed E-state index contributed by atoms with van der Waals surface area (Å²) in [6.07, 6.45) is 5.29. The van der Waals surface area contributed by atoms with Crippen LogP contribution in [-0.4, -0.2) is 23.5 Å². The number of hydrogen-bond donors (Lipinski definition) is 2. The second-order valence-corrected chi connectivity index (χ2v) is 4.98. The highest BCUT2D eigenvalue weighted by molar-refractivity contribution is 5.87. The third-order valence-electron chi connectivity index (χ3n) is 3.70. The van der Waals surface area contributed by atoms with Crippen LogP contribution < -0.4 is 10.6 Å². The maximum absolute atomic E-state index is 12.1. The number of carbonyl (C=O) groups excluding carboxylic acids is 1. The van der Waals surface area contributed by atoms with E-state index in [-0.39, 0.29) is 17.0 Å². The summed E-state index contributed by atoms with van der Waals surface area (Å²) in [7, 11) is 0. The Morgan fingerprint density at radius 1 is 1.43 bits per heavy atom. The molecule has 2 aliphatic rings. The number of carbonyl (C=O) groups is 1. The average molecular weight is 196 g/mol. The second kappa shape index (κ2) is 3.23. The van der Waals surface area contributed by atoms with E-state index in [1.54, 1.807) is 0 Å². The molecule has 3 heteroatoms. The Morgan fingerprint density at radius 3 is 2.57 bits per heavy atom. The summed E-state index contributed by atoms with van der Waals surface area (Å²) >= 11 is 0. The molecule has 1 atom stereocenters. The lowest BCUT2D eigenvalue weighted by Gasteiger charge is -2.28. The Bertz CT molecular complexity index is 240. The standard InChI is InChI=1S/C11H20N2O/c1-3-11(5-4-8-12-11)9(14)13-10(2)6-7-10/h12H,3-8H2,1-2H3,(H,13,14). The lowest BCUT2D eigenvalue weighted by Crippen LogP contribution is -2.55. The van der Waals surface area contributed by atoms with E-state index in [2.05, 4.69) is 24.5 Å². The number of rotatable bonds is 3. The van der Waals surface area contributed by atoms with Gasteiger partial charge in [-0.15, -0.1) is 0 Å². The van der Waals surface area contributed by atoms with Crippen LogP contribution in [0.3, 0.4) is 0 Å². The molecule has 0 radical (unpaired) electrons. The minimum Gasteiger partial charge on any atom is -0.349 e. The van der Waals surface area contributed by atoms with Crippen molar-refractivity contribution in [1.29, 1.82) is 0 Å². The van der Waals surface area contributed by atoms with Gasteiger partial charge in [0, 0.05) is 5.54 Å². The largest absolute Gasteiger partial charge is 0.349 e. The van der Waals surface area contributed by atoms with Gasteiger partial charge in [-0.2, -0.15) is 0 Å². The molecule has 2 fully saturated rings. The van der Waals surface area contributed by atoms with E-state index in [1.165, 1.54) is 0 Å². The van der Waals surface area contributed by atoms with Crippen molar-refractivity contribution in [2.75, 3.05) is 6.54 Å². The fourth-order valence-corrected chi connectivity index (χ4v) is 2.17. The van der Waals surface area contributed by atoms with Gasteiger partial charge in [-0.1, -0.05) is 6.92 Å². The predicted octanol–water partition coefficient (Wildman–Crippen LogP) is 1.19. The summed E-state index contributed by atoms with van der Waals surface area (Å²) in [4.78, 5) is 12.1. The van der Waals surface area contributed by atoms with Crippen LogP contribution in [0.4, 0.5) is 0 Å². The Kier molecular flexibility index (Phi) is 2.30. The van der Waals surface area contributed by atoms with Crippen molar-refractivity contribution in [2.45, 2.75) is 57.0 Å². The summed E-state index contributed by atoms with van der Waals surface area (Å²) in [6, 6.07) is 0. The smallest absolute Gasteiger partial charge is 0.240 e. The molecule has 0 spiro atoms. The van der Waals surface area contributed by atoms with Gasteiger partial charge < -0.3 is 10.6 Å². The van der Waals surface area contributed by atoms with Gasteiger partial charge in [-0.3, -0.25) is 4.79 Å². The van der Waals surface area contributed by atoms with E-state index in [9.17, 15) is 4.79 Å². The van der Waals surface area contributed by atoms with Crippen molar-refractivity contribution in [3.63, 3.8) is 0 Å². The van der Waals surface area contributed by atoms with Crippen LogP contribution in [0.5, 0.6) is 0 Å². The monoisotopic (exact) mass is 196 g/mol. The molecule has 2 N–H and O–H groups in total. The van der Waals surface area contributed by atoms with Crippen molar-refractivity contribution >= 4 is 5.91 Å². The average Bonchev–Trinajstić information content (AvgIpc) is 2.72. The van der Waals surface area contributed by atoms with Crippen molar-refractivity contribution in [3.05, 3.63) is 0 Å². The molecular weight excluding hydrogens is 176 g/mol. The first-order chi connectivity index (χ1) is 6.60. The third-order valence-corrected chi connectivity index (χ3v) is 3.70. The fraction of sp³-hybridized carbons (Fsp3) is 0.909. The van der Waals surface area contributed by atoms with Crippen LogP contribution in [0, 0.1) is 0 Å². The number of hydrogen-bond acceptors (Lipinski definition) is 2.